The Bertz CT molecular complexity index is 513. The molecule has 1 saturated heterocycles. The predicted octanol–water partition coefficient (Wildman–Crippen LogP) is 2.07. The smallest absolute Gasteiger partial charge is 0.321 e. The maximum absolute atomic E-state index is 13.7. The van der Waals surface area contributed by atoms with Crippen molar-refractivity contribution in [2.45, 2.75) is 13.3 Å². The molecule has 2 amide bonds. The number of nitrogens with one attached hydrogen (secondary N) is 1. The number of likely N-dealkylation sites (tertiary alicyclic amines) is 1. The van der Waals surface area contributed by atoms with Crippen molar-refractivity contribution in [2.75, 3.05) is 18.4 Å². The van der Waals surface area contributed by atoms with Crippen LogP contribution in [0.2, 0.25) is 0 Å². The van der Waals surface area contributed by atoms with Gasteiger partial charge in [0.15, 0.2) is 0 Å². The van der Waals surface area contributed by atoms with E-state index in [4.69, 9.17) is 5.11 Å². The van der Waals surface area contributed by atoms with Crippen LogP contribution in [0, 0.1) is 18.7 Å². The third-order valence-electron chi connectivity index (χ3n) is 3.14. The first-order chi connectivity index (χ1) is 8.97. The van der Waals surface area contributed by atoms with Crippen LogP contribution >= 0.6 is 0 Å². The third kappa shape index (κ3) is 3.01. The van der Waals surface area contributed by atoms with E-state index in [1.807, 2.05) is 0 Å². The quantitative estimate of drug-likeness (QED) is 0.880. The normalized spacial score (nSPS) is 14.9. The average Bonchev–Trinajstić information content (AvgIpc) is 2.28. The second kappa shape index (κ2) is 5.26. The average molecular weight is 266 g/mol. The number of nitrogens with zero attached hydrogens (tertiary/aromatic N) is 1. The summed E-state index contributed by atoms with van der Waals surface area (Å²) in [4.78, 5) is 23.7. The van der Waals surface area contributed by atoms with Crippen LogP contribution in [0.25, 0.3) is 0 Å². The number of hydrogen-bond acceptors (Lipinski definition) is 2. The molecular formula is C13H15FN2O3. The van der Waals surface area contributed by atoms with E-state index >= 15 is 0 Å². The van der Waals surface area contributed by atoms with Crippen LogP contribution in [0.15, 0.2) is 18.2 Å². The first-order valence-corrected chi connectivity index (χ1v) is 6.00. The van der Waals surface area contributed by atoms with E-state index in [0.29, 0.717) is 18.7 Å². The maximum Gasteiger partial charge on any atom is 0.321 e. The fourth-order valence-electron chi connectivity index (χ4n) is 2.05. The molecule has 0 atom stereocenters. The van der Waals surface area contributed by atoms with E-state index in [2.05, 4.69) is 5.32 Å². The molecule has 0 radical (unpaired) electrons. The van der Waals surface area contributed by atoms with Gasteiger partial charge in [0.1, 0.15) is 5.82 Å². The Balaban J connectivity index is 1.89. The Morgan fingerprint density at radius 2 is 2.16 bits per heavy atom. The fourth-order valence-corrected chi connectivity index (χ4v) is 2.05. The minimum atomic E-state index is -0.866. The van der Waals surface area contributed by atoms with E-state index in [-0.39, 0.29) is 18.0 Å². The van der Waals surface area contributed by atoms with Gasteiger partial charge in [-0.3, -0.25) is 4.79 Å². The summed E-state index contributed by atoms with van der Waals surface area (Å²) in [5, 5.41) is 11.1. The molecule has 1 aromatic rings. The van der Waals surface area contributed by atoms with Crippen molar-refractivity contribution in [3.8, 4) is 0 Å². The number of carboxylic acids is 1. The molecule has 6 heteroatoms. The van der Waals surface area contributed by atoms with Crippen LogP contribution in [0.5, 0.6) is 0 Å². The number of rotatable bonds is 3. The van der Waals surface area contributed by atoms with Crippen LogP contribution < -0.4 is 5.32 Å². The molecule has 5 nitrogen and oxygen atoms in total. The number of carbonyl (C=O) groups excluding carboxylic acids is 1. The van der Waals surface area contributed by atoms with Gasteiger partial charge in [-0.25, -0.2) is 9.18 Å². The van der Waals surface area contributed by atoms with Gasteiger partial charge in [0, 0.05) is 19.0 Å². The summed E-state index contributed by atoms with van der Waals surface area (Å²) in [6.07, 6.45) is 0.0581. The number of amides is 2. The van der Waals surface area contributed by atoms with Crippen molar-refractivity contribution in [2.24, 2.45) is 5.92 Å². The van der Waals surface area contributed by atoms with E-state index in [1.54, 1.807) is 19.1 Å². The van der Waals surface area contributed by atoms with E-state index in [9.17, 15) is 14.0 Å². The van der Waals surface area contributed by atoms with Gasteiger partial charge in [-0.15, -0.1) is 0 Å². The highest BCUT2D eigenvalue weighted by Gasteiger charge is 2.32. The Morgan fingerprint density at radius 1 is 1.47 bits per heavy atom. The van der Waals surface area contributed by atoms with Crippen LogP contribution in [0.1, 0.15) is 12.0 Å². The number of aliphatic carboxylic acids is 1. The Morgan fingerprint density at radius 3 is 2.79 bits per heavy atom. The highest BCUT2D eigenvalue weighted by atomic mass is 19.1. The van der Waals surface area contributed by atoms with E-state index < -0.39 is 17.8 Å². The maximum atomic E-state index is 13.7. The molecule has 0 spiro atoms. The number of aryl methyl sites for hydroxylation is 1. The molecule has 1 aromatic carbocycles. The van der Waals surface area contributed by atoms with Gasteiger partial charge in [0.2, 0.25) is 0 Å². The number of benzene rings is 1. The molecule has 2 rings (SSSR count). The van der Waals surface area contributed by atoms with E-state index in [0.717, 1.165) is 0 Å². The number of urea groups is 1. The van der Waals surface area contributed by atoms with Crippen LogP contribution in [-0.4, -0.2) is 35.1 Å². The lowest BCUT2D eigenvalue weighted by molar-refractivity contribution is -0.139. The largest absolute Gasteiger partial charge is 0.481 e. The monoisotopic (exact) mass is 266 g/mol. The molecule has 0 aromatic heterocycles. The number of carbonyl (C=O) groups is 2. The zero-order valence-corrected chi connectivity index (χ0v) is 10.5. The number of halogens is 1. The molecule has 0 saturated carbocycles. The lowest BCUT2D eigenvalue weighted by Gasteiger charge is -2.38. The predicted molar refractivity (Wildman–Crippen MR) is 67.5 cm³/mol. The standard InChI is InChI=1S/C13H15FN2O3/c1-8-3-2-4-10(12(8)14)15-13(19)16-6-9(7-16)5-11(17)18/h2-4,9H,5-7H2,1H3,(H,15,19)(H,17,18). The van der Waals surface area contributed by atoms with Crippen molar-refractivity contribution in [3.63, 3.8) is 0 Å². The first kappa shape index (κ1) is 13.3. The van der Waals surface area contributed by atoms with Gasteiger partial charge < -0.3 is 15.3 Å². The molecular weight excluding hydrogens is 251 g/mol. The molecule has 1 heterocycles. The number of hydrogen-bond donors (Lipinski definition) is 2. The number of carboxylic acid groups (broad SMARTS) is 1. The second-order valence-corrected chi connectivity index (χ2v) is 4.74. The summed E-state index contributed by atoms with van der Waals surface area (Å²) >= 11 is 0. The summed E-state index contributed by atoms with van der Waals surface area (Å²) in [6.45, 7) is 2.41. The lowest BCUT2D eigenvalue weighted by atomic mass is 9.97. The van der Waals surface area contributed by atoms with Crippen LogP contribution in [0.4, 0.5) is 14.9 Å². The zero-order chi connectivity index (χ0) is 14.0. The minimum absolute atomic E-state index is 0.00870. The highest BCUT2D eigenvalue weighted by molar-refractivity contribution is 5.90. The summed E-state index contributed by atoms with van der Waals surface area (Å²) in [6, 6.07) is 4.38. The summed E-state index contributed by atoms with van der Waals surface area (Å²) in [7, 11) is 0. The molecule has 19 heavy (non-hydrogen) atoms. The summed E-state index contributed by atoms with van der Waals surface area (Å²) in [5.41, 5.74) is 0.608. The second-order valence-electron chi connectivity index (χ2n) is 4.74. The van der Waals surface area contributed by atoms with Gasteiger partial charge in [0.25, 0.3) is 0 Å². The first-order valence-electron chi connectivity index (χ1n) is 6.00. The zero-order valence-electron chi connectivity index (χ0n) is 10.5. The van der Waals surface area contributed by atoms with Gasteiger partial charge in [-0.05, 0) is 18.6 Å². The van der Waals surface area contributed by atoms with Crippen molar-refractivity contribution in [1.82, 2.24) is 4.90 Å². The third-order valence-corrected chi connectivity index (χ3v) is 3.14. The van der Waals surface area contributed by atoms with Crippen molar-refractivity contribution < 1.29 is 19.1 Å². The Hall–Kier alpha value is -2.11. The van der Waals surface area contributed by atoms with Crippen molar-refractivity contribution in [3.05, 3.63) is 29.6 Å². The lowest BCUT2D eigenvalue weighted by Crippen LogP contribution is -2.52. The fraction of sp³-hybridized carbons (Fsp3) is 0.385. The minimum Gasteiger partial charge on any atom is -0.481 e. The summed E-state index contributed by atoms with van der Waals surface area (Å²) in [5.74, 6) is -1.32. The molecule has 0 bridgehead atoms. The van der Waals surface area contributed by atoms with Crippen molar-refractivity contribution >= 4 is 17.7 Å². The molecule has 102 valence electrons. The van der Waals surface area contributed by atoms with Gasteiger partial charge in [-0.1, -0.05) is 12.1 Å². The molecule has 2 N–H and O–H groups in total. The Labute approximate surface area is 110 Å². The van der Waals surface area contributed by atoms with Gasteiger partial charge >= 0.3 is 12.0 Å². The van der Waals surface area contributed by atoms with Crippen LogP contribution in [0.3, 0.4) is 0 Å². The topological polar surface area (TPSA) is 69.6 Å². The molecule has 0 unspecified atom stereocenters. The molecule has 1 aliphatic rings. The Kier molecular flexibility index (Phi) is 3.69. The summed E-state index contributed by atoms with van der Waals surface area (Å²) < 4.78 is 13.7. The SMILES string of the molecule is Cc1cccc(NC(=O)N2CC(CC(=O)O)C2)c1F. The van der Waals surface area contributed by atoms with Gasteiger partial charge in [0.05, 0.1) is 12.1 Å². The van der Waals surface area contributed by atoms with Crippen LogP contribution in [-0.2, 0) is 4.79 Å². The van der Waals surface area contributed by atoms with E-state index in [1.165, 1.54) is 11.0 Å². The number of anilines is 1. The molecule has 1 aliphatic heterocycles. The molecule has 0 aliphatic carbocycles. The molecule has 1 fully saturated rings. The van der Waals surface area contributed by atoms with Gasteiger partial charge in [-0.2, -0.15) is 0 Å². The highest BCUT2D eigenvalue weighted by Crippen LogP contribution is 2.22. The van der Waals surface area contributed by atoms with Crippen molar-refractivity contribution in [1.29, 1.82) is 0 Å².